The van der Waals surface area contributed by atoms with Gasteiger partial charge in [0.1, 0.15) is 11.9 Å². The van der Waals surface area contributed by atoms with Crippen LogP contribution in [0.2, 0.25) is 0 Å². The fraction of sp³-hybridized carbons (Fsp3) is 0.417. The molecule has 1 saturated heterocycles. The number of hydrogen-bond donors (Lipinski definition) is 2. The summed E-state index contributed by atoms with van der Waals surface area (Å²) in [5, 5.41) is 15.5. The highest BCUT2D eigenvalue weighted by Crippen LogP contribution is 2.24. The molecule has 0 bridgehead atoms. The zero-order valence-electron chi connectivity index (χ0n) is 19.1. The van der Waals surface area contributed by atoms with E-state index >= 15 is 0 Å². The fourth-order valence-electron chi connectivity index (χ4n) is 3.64. The Labute approximate surface area is 192 Å². The molecule has 0 spiro atoms. The van der Waals surface area contributed by atoms with E-state index in [0.29, 0.717) is 18.0 Å². The maximum absolute atomic E-state index is 12.1. The predicted octanol–water partition coefficient (Wildman–Crippen LogP) is 2.55. The standard InChI is InChI=1S/C24H29N5O4/c1-15(2)23-27-22(33-28-23)14-29-12-19(13-29)32-18-5-7-21(26-11-18)17-4-6-20(16(3)10-17)24(31)25-8-9-30/h4-7,10-11,15,19,30H,8-9,12-14H2,1-3H3,(H,25,31). The Hall–Kier alpha value is -3.30. The summed E-state index contributed by atoms with van der Waals surface area (Å²) < 4.78 is 11.3. The van der Waals surface area contributed by atoms with Gasteiger partial charge in [0.2, 0.25) is 5.89 Å². The first kappa shape index (κ1) is 22.9. The van der Waals surface area contributed by atoms with Crippen LogP contribution in [0.1, 0.15) is 47.4 Å². The van der Waals surface area contributed by atoms with Crippen molar-refractivity contribution in [2.24, 2.45) is 0 Å². The highest BCUT2D eigenvalue weighted by atomic mass is 16.5. The topological polar surface area (TPSA) is 114 Å². The van der Waals surface area contributed by atoms with E-state index in [1.165, 1.54) is 0 Å². The van der Waals surface area contributed by atoms with Gasteiger partial charge in [0.05, 0.1) is 25.0 Å². The minimum Gasteiger partial charge on any atom is -0.486 e. The lowest BCUT2D eigenvalue weighted by molar-refractivity contribution is 0.00844. The van der Waals surface area contributed by atoms with E-state index in [9.17, 15) is 4.79 Å². The first-order chi connectivity index (χ1) is 15.9. The highest BCUT2D eigenvalue weighted by molar-refractivity contribution is 5.96. The number of carbonyl (C=O) groups is 1. The van der Waals surface area contributed by atoms with E-state index in [-0.39, 0.29) is 31.1 Å². The van der Waals surface area contributed by atoms with Crippen molar-refractivity contribution >= 4 is 5.91 Å². The first-order valence-electron chi connectivity index (χ1n) is 11.1. The molecule has 1 aromatic carbocycles. The Balaban J connectivity index is 1.29. The van der Waals surface area contributed by atoms with Crippen molar-refractivity contribution < 1.29 is 19.2 Å². The van der Waals surface area contributed by atoms with Gasteiger partial charge in [-0.2, -0.15) is 4.98 Å². The van der Waals surface area contributed by atoms with Crippen LogP contribution in [0.15, 0.2) is 41.1 Å². The number of benzene rings is 1. The van der Waals surface area contributed by atoms with Crippen LogP contribution >= 0.6 is 0 Å². The monoisotopic (exact) mass is 451 g/mol. The Kier molecular flexibility index (Phi) is 7.00. The Morgan fingerprint density at radius 2 is 2.12 bits per heavy atom. The molecule has 9 heteroatoms. The fourth-order valence-corrected chi connectivity index (χ4v) is 3.64. The molecule has 1 fully saturated rings. The second-order valence-electron chi connectivity index (χ2n) is 8.52. The van der Waals surface area contributed by atoms with Gasteiger partial charge in [-0.1, -0.05) is 25.1 Å². The normalized spacial score (nSPS) is 14.3. The number of carbonyl (C=O) groups excluding carboxylic acids is 1. The molecule has 3 aromatic rings. The number of aliphatic hydroxyl groups excluding tert-OH is 1. The van der Waals surface area contributed by atoms with Crippen molar-refractivity contribution in [3.8, 4) is 17.0 Å². The molecule has 0 saturated carbocycles. The minimum atomic E-state index is -0.196. The van der Waals surface area contributed by atoms with E-state index in [4.69, 9.17) is 14.4 Å². The Bertz CT molecular complexity index is 1090. The average molecular weight is 452 g/mol. The molecule has 0 radical (unpaired) electrons. The number of aryl methyl sites for hydroxylation is 1. The van der Waals surface area contributed by atoms with Gasteiger partial charge in [-0.05, 0) is 36.8 Å². The lowest BCUT2D eigenvalue weighted by atomic mass is 10.0. The molecule has 9 nitrogen and oxygen atoms in total. The smallest absolute Gasteiger partial charge is 0.251 e. The molecule has 174 valence electrons. The van der Waals surface area contributed by atoms with Gasteiger partial charge >= 0.3 is 0 Å². The van der Waals surface area contributed by atoms with Gasteiger partial charge in [-0.3, -0.25) is 14.7 Å². The third-order valence-electron chi connectivity index (χ3n) is 5.49. The van der Waals surface area contributed by atoms with Crippen LogP contribution in [0.5, 0.6) is 5.75 Å². The van der Waals surface area contributed by atoms with Crippen LogP contribution in [0.3, 0.4) is 0 Å². The van der Waals surface area contributed by atoms with Gasteiger partial charge in [-0.25, -0.2) is 0 Å². The van der Waals surface area contributed by atoms with Gasteiger partial charge < -0.3 is 19.7 Å². The molecular formula is C24H29N5O4. The molecule has 3 heterocycles. The number of nitrogens with zero attached hydrogens (tertiary/aromatic N) is 4. The highest BCUT2D eigenvalue weighted by Gasteiger charge is 2.30. The van der Waals surface area contributed by atoms with Crippen LogP contribution in [0.25, 0.3) is 11.3 Å². The predicted molar refractivity (Wildman–Crippen MR) is 122 cm³/mol. The van der Waals surface area contributed by atoms with Crippen LogP contribution in [0.4, 0.5) is 0 Å². The van der Waals surface area contributed by atoms with Crippen molar-refractivity contribution in [3.05, 3.63) is 59.4 Å². The van der Waals surface area contributed by atoms with E-state index in [2.05, 4.69) is 25.3 Å². The lowest BCUT2D eigenvalue weighted by Crippen LogP contribution is -2.53. The second kappa shape index (κ2) is 10.1. The zero-order chi connectivity index (χ0) is 23.4. The zero-order valence-corrected chi connectivity index (χ0v) is 19.1. The maximum atomic E-state index is 12.1. The Morgan fingerprint density at radius 3 is 2.76 bits per heavy atom. The van der Waals surface area contributed by atoms with Gasteiger partial charge in [-0.15, -0.1) is 0 Å². The molecule has 1 amide bonds. The van der Waals surface area contributed by atoms with E-state index in [1.54, 1.807) is 12.3 Å². The molecule has 1 aliphatic rings. The number of hydrogen-bond acceptors (Lipinski definition) is 8. The van der Waals surface area contributed by atoms with Gasteiger partial charge in [0.25, 0.3) is 5.91 Å². The second-order valence-corrected chi connectivity index (χ2v) is 8.52. The Morgan fingerprint density at radius 1 is 1.30 bits per heavy atom. The quantitative estimate of drug-likeness (QED) is 0.510. The number of likely N-dealkylation sites (tertiary alicyclic amines) is 1. The number of aliphatic hydroxyl groups is 1. The largest absolute Gasteiger partial charge is 0.486 e. The molecule has 0 unspecified atom stereocenters. The van der Waals surface area contributed by atoms with Gasteiger partial charge in [0, 0.05) is 36.7 Å². The summed E-state index contributed by atoms with van der Waals surface area (Å²) >= 11 is 0. The molecule has 2 N–H and O–H groups in total. The van der Waals surface area contributed by atoms with Crippen molar-refractivity contribution in [2.75, 3.05) is 26.2 Å². The third kappa shape index (κ3) is 5.55. The number of nitrogens with one attached hydrogen (secondary N) is 1. The lowest BCUT2D eigenvalue weighted by Gasteiger charge is -2.37. The van der Waals surface area contributed by atoms with E-state index < -0.39 is 0 Å². The number of aromatic nitrogens is 3. The summed E-state index contributed by atoms with van der Waals surface area (Å²) in [6.45, 7) is 8.32. The molecule has 1 aliphatic heterocycles. The summed E-state index contributed by atoms with van der Waals surface area (Å²) in [5.74, 6) is 2.15. The van der Waals surface area contributed by atoms with E-state index in [1.807, 2.05) is 45.0 Å². The molecule has 4 rings (SSSR count). The van der Waals surface area contributed by atoms with Crippen molar-refractivity contribution in [2.45, 2.75) is 39.3 Å². The van der Waals surface area contributed by atoms with Crippen molar-refractivity contribution in [3.63, 3.8) is 0 Å². The molecular weight excluding hydrogens is 422 g/mol. The number of pyridine rings is 1. The SMILES string of the molecule is Cc1cc(-c2ccc(OC3CN(Cc4nc(C(C)C)no4)C3)cn2)ccc1C(=O)NCCO. The van der Waals surface area contributed by atoms with Crippen molar-refractivity contribution in [1.82, 2.24) is 25.3 Å². The minimum absolute atomic E-state index is 0.0854. The summed E-state index contributed by atoms with van der Waals surface area (Å²) in [7, 11) is 0. The van der Waals surface area contributed by atoms with Crippen LogP contribution in [-0.2, 0) is 6.54 Å². The van der Waals surface area contributed by atoms with E-state index in [0.717, 1.165) is 41.5 Å². The summed E-state index contributed by atoms with van der Waals surface area (Å²) in [5.41, 5.74) is 3.16. The van der Waals surface area contributed by atoms with Crippen LogP contribution < -0.4 is 10.1 Å². The number of amides is 1. The number of ether oxygens (including phenoxy) is 1. The number of rotatable bonds is 9. The summed E-state index contributed by atoms with van der Waals surface area (Å²) in [4.78, 5) is 23.3. The molecule has 0 aliphatic carbocycles. The molecule has 2 aromatic heterocycles. The van der Waals surface area contributed by atoms with Gasteiger partial charge in [0.15, 0.2) is 5.82 Å². The summed E-state index contributed by atoms with van der Waals surface area (Å²) in [6.07, 6.45) is 1.83. The summed E-state index contributed by atoms with van der Waals surface area (Å²) in [6, 6.07) is 9.41. The average Bonchev–Trinajstić information content (AvgIpc) is 3.25. The van der Waals surface area contributed by atoms with Crippen LogP contribution in [0, 0.1) is 6.92 Å². The maximum Gasteiger partial charge on any atom is 0.251 e. The first-order valence-corrected chi connectivity index (χ1v) is 11.1. The molecule has 0 atom stereocenters. The third-order valence-corrected chi connectivity index (χ3v) is 5.49. The van der Waals surface area contributed by atoms with Crippen molar-refractivity contribution in [1.29, 1.82) is 0 Å². The molecule has 33 heavy (non-hydrogen) atoms. The van der Waals surface area contributed by atoms with Crippen LogP contribution in [-0.4, -0.2) is 63.4 Å².